The molecule has 1 fully saturated rings. The standard InChI is InChI=1S/C21H22N4O2/c1-23-14-20(26)25(18(21(23)27)12-15-8-4-3-5-9-15)13-19-22-16-10-6-7-11-17(16)24(19)2/h3-11,18H,12-14H2,1-2H3/t18-/m1/s1. The van der Waals surface area contributed by atoms with Gasteiger partial charge in [-0.1, -0.05) is 42.5 Å². The zero-order chi connectivity index (χ0) is 19.0. The van der Waals surface area contributed by atoms with Gasteiger partial charge < -0.3 is 14.4 Å². The van der Waals surface area contributed by atoms with E-state index < -0.39 is 6.04 Å². The summed E-state index contributed by atoms with van der Waals surface area (Å²) in [6.45, 7) is 0.426. The number of fused-ring (bicyclic) bond motifs is 1. The van der Waals surface area contributed by atoms with Crippen molar-refractivity contribution >= 4 is 22.8 Å². The molecule has 2 heterocycles. The van der Waals surface area contributed by atoms with Crippen molar-refractivity contribution in [2.45, 2.75) is 19.0 Å². The normalized spacial score (nSPS) is 17.8. The van der Waals surface area contributed by atoms with E-state index in [0.717, 1.165) is 22.4 Å². The number of likely N-dealkylation sites (N-methyl/N-ethyl adjacent to an activating group) is 1. The summed E-state index contributed by atoms with van der Waals surface area (Å²) in [5.41, 5.74) is 2.94. The number of amides is 2. The molecule has 1 saturated heterocycles. The molecule has 2 aromatic carbocycles. The topological polar surface area (TPSA) is 58.4 Å². The van der Waals surface area contributed by atoms with Crippen molar-refractivity contribution < 1.29 is 9.59 Å². The lowest BCUT2D eigenvalue weighted by molar-refractivity contribution is -0.155. The number of aromatic nitrogens is 2. The fraction of sp³-hybridized carbons (Fsp3) is 0.286. The Labute approximate surface area is 158 Å². The van der Waals surface area contributed by atoms with Crippen LogP contribution in [0, 0.1) is 0 Å². The minimum Gasteiger partial charge on any atom is -0.335 e. The van der Waals surface area contributed by atoms with Gasteiger partial charge in [0.05, 0.1) is 24.1 Å². The Morgan fingerprint density at radius 1 is 1.00 bits per heavy atom. The van der Waals surface area contributed by atoms with Crippen molar-refractivity contribution in [3.05, 3.63) is 66.0 Å². The Hall–Kier alpha value is -3.15. The van der Waals surface area contributed by atoms with Crippen molar-refractivity contribution in [3.63, 3.8) is 0 Å². The maximum Gasteiger partial charge on any atom is 0.245 e. The van der Waals surface area contributed by atoms with Gasteiger partial charge in [0.1, 0.15) is 11.9 Å². The van der Waals surface area contributed by atoms with Crippen molar-refractivity contribution in [1.82, 2.24) is 19.4 Å². The first-order valence-electron chi connectivity index (χ1n) is 9.03. The van der Waals surface area contributed by atoms with E-state index in [0.29, 0.717) is 13.0 Å². The van der Waals surface area contributed by atoms with E-state index in [1.807, 2.05) is 66.2 Å². The summed E-state index contributed by atoms with van der Waals surface area (Å²) in [6, 6.07) is 17.2. The molecule has 1 atom stereocenters. The third kappa shape index (κ3) is 3.18. The highest BCUT2D eigenvalue weighted by Crippen LogP contribution is 2.21. The Bertz CT molecular complexity index is 996. The molecular formula is C21H22N4O2. The second-order valence-corrected chi connectivity index (χ2v) is 7.00. The van der Waals surface area contributed by atoms with Crippen LogP contribution in [0.5, 0.6) is 0 Å². The van der Waals surface area contributed by atoms with Crippen LogP contribution < -0.4 is 0 Å². The van der Waals surface area contributed by atoms with Crippen LogP contribution in [-0.2, 0) is 29.6 Å². The van der Waals surface area contributed by atoms with Gasteiger partial charge in [-0.3, -0.25) is 9.59 Å². The minimum atomic E-state index is -0.515. The number of hydrogen-bond acceptors (Lipinski definition) is 3. The van der Waals surface area contributed by atoms with Crippen molar-refractivity contribution in [3.8, 4) is 0 Å². The Morgan fingerprint density at radius 2 is 1.70 bits per heavy atom. The molecule has 138 valence electrons. The summed E-state index contributed by atoms with van der Waals surface area (Å²) < 4.78 is 1.99. The number of rotatable bonds is 4. The van der Waals surface area contributed by atoms with Crippen LogP contribution in [-0.4, -0.2) is 50.8 Å². The fourth-order valence-electron chi connectivity index (χ4n) is 3.66. The zero-order valence-electron chi connectivity index (χ0n) is 15.5. The van der Waals surface area contributed by atoms with Gasteiger partial charge in [0.15, 0.2) is 0 Å². The third-order valence-corrected chi connectivity index (χ3v) is 5.19. The van der Waals surface area contributed by atoms with E-state index in [1.165, 1.54) is 4.90 Å². The number of piperazine rings is 1. The number of benzene rings is 2. The first-order chi connectivity index (χ1) is 13.0. The van der Waals surface area contributed by atoms with Crippen molar-refractivity contribution in [1.29, 1.82) is 0 Å². The number of carbonyl (C=O) groups is 2. The highest BCUT2D eigenvalue weighted by molar-refractivity contribution is 5.95. The number of aryl methyl sites for hydroxylation is 1. The maximum absolute atomic E-state index is 12.8. The first kappa shape index (κ1) is 17.3. The summed E-state index contributed by atoms with van der Waals surface area (Å²) in [4.78, 5) is 33.5. The Kier molecular flexibility index (Phi) is 4.39. The summed E-state index contributed by atoms with van der Waals surface area (Å²) in [5.74, 6) is 0.697. The number of para-hydroxylation sites is 2. The molecule has 27 heavy (non-hydrogen) atoms. The SMILES string of the molecule is CN1CC(=O)N(Cc2nc3ccccc3n2C)[C@H](Cc2ccccc2)C1=O. The highest BCUT2D eigenvalue weighted by atomic mass is 16.2. The van der Waals surface area contributed by atoms with Crippen molar-refractivity contribution in [2.24, 2.45) is 7.05 Å². The Morgan fingerprint density at radius 3 is 2.44 bits per heavy atom. The molecule has 2 amide bonds. The quantitative estimate of drug-likeness (QED) is 0.713. The predicted octanol–water partition coefficient (Wildman–Crippen LogP) is 1.99. The van der Waals surface area contributed by atoms with E-state index >= 15 is 0 Å². The van der Waals surface area contributed by atoms with Crippen LogP contribution in [0.1, 0.15) is 11.4 Å². The first-order valence-corrected chi connectivity index (χ1v) is 9.03. The number of hydrogen-bond donors (Lipinski definition) is 0. The highest BCUT2D eigenvalue weighted by Gasteiger charge is 2.38. The largest absolute Gasteiger partial charge is 0.335 e. The van der Waals surface area contributed by atoms with E-state index in [-0.39, 0.29) is 18.4 Å². The maximum atomic E-state index is 12.8. The van der Waals surface area contributed by atoms with E-state index in [1.54, 1.807) is 11.9 Å². The van der Waals surface area contributed by atoms with Gasteiger partial charge in [-0.2, -0.15) is 0 Å². The molecule has 6 heteroatoms. The van der Waals surface area contributed by atoms with E-state index in [4.69, 9.17) is 0 Å². The summed E-state index contributed by atoms with van der Waals surface area (Å²) >= 11 is 0. The molecule has 0 aliphatic carbocycles. The second kappa shape index (κ2) is 6.87. The number of carbonyl (C=O) groups excluding carboxylic acids is 2. The average Bonchev–Trinajstić information content (AvgIpc) is 2.99. The lowest BCUT2D eigenvalue weighted by atomic mass is 10.0. The van der Waals surface area contributed by atoms with Crippen LogP contribution in [0.15, 0.2) is 54.6 Å². The second-order valence-electron chi connectivity index (χ2n) is 7.00. The molecule has 6 nitrogen and oxygen atoms in total. The summed E-state index contributed by atoms with van der Waals surface area (Å²) in [5, 5.41) is 0. The Balaban J connectivity index is 1.67. The van der Waals surface area contributed by atoms with Gasteiger partial charge in [0.2, 0.25) is 11.8 Å². The van der Waals surface area contributed by atoms with Gasteiger partial charge in [-0.05, 0) is 17.7 Å². The molecule has 0 bridgehead atoms. The van der Waals surface area contributed by atoms with Crippen LogP contribution in [0.2, 0.25) is 0 Å². The van der Waals surface area contributed by atoms with Gasteiger partial charge in [-0.15, -0.1) is 0 Å². The monoisotopic (exact) mass is 362 g/mol. The molecule has 1 aliphatic rings. The smallest absolute Gasteiger partial charge is 0.245 e. The van der Waals surface area contributed by atoms with Gasteiger partial charge in [0, 0.05) is 20.5 Å². The number of nitrogens with zero attached hydrogens (tertiary/aromatic N) is 4. The number of imidazole rings is 1. The zero-order valence-corrected chi connectivity index (χ0v) is 15.5. The van der Waals surface area contributed by atoms with Gasteiger partial charge in [0.25, 0.3) is 0 Å². The molecule has 1 aliphatic heterocycles. The molecule has 0 saturated carbocycles. The third-order valence-electron chi connectivity index (χ3n) is 5.19. The van der Waals surface area contributed by atoms with Crippen LogP contribution in [0.3, 0.4) is 0 Å². The van der Waals surface area contributed by atoms with E-state index in [2.05, 4.69) is 4.98 Å². The molecular weight excluding hydrogens is 340 g/mol. The average molecular weight is 362 g/mol. The molecule has 0 spiro atoms. The molecule has 1 aromatic heterocycles. The molecule has 4 rings (SSSR count). The molecule has 0 radical (unpaired) electrons. The van der Waals surface area contributed by atoms with Gasteiger partial charge in [-0.25, -0.2) is 4.98 Å². The molecule has 0 unspecified atom stereocenters. The summed E-state index contributed by atoms with van der Waals surface area (Å²) in [6.07, 6.45) is 0.500. The lowest BCUT2D eigenvalue weighted by Gasteiger charge is -2.38. The van der Waals surface area contributed by atoms with Crippen LogP contribution in [0.4, 0.5) is 0 Å². The van der Waals surface area contributed by atoms with Crippen molar-refractivity contribution in [2.75, 3.05) is 13.6 Å². The van der Waals surface area contributed by atoms with Crippen LogP contribution in [0.25, 0.3) is 11.0 Å². The minimum absolute atomic E-state index is 0.0304. The van der Waals surface area contributed by atoms with E-state index in [9.17, 15) is 9.59 Å². The van der Waals surface area contributed by atoms with Gasteiger partial charge >= 0.3 is 0 Å². The molecule has 0 N–H and O–H groups in total. The lowest BCUT2D eigenvalue weighted by Crippen LogP contribution is -2.59. The molecule has 3 aromatic rings. The predicted molar refractivity (Wildman–Crippen MR) is 103 cm³/mol. The van der Waals surface area contributed by atoms with Crippen LogP contribution >= 0.6 is 0 Å². The summed E-state index contributed by atoms with van der Waals surface area (Å²) in [7, 11) is 3.63. The fourth-order valence-corrected chi connectivity index (χ4v) is 3.66.